The molecule has 8 nitrogen and oxygen atoms in total. The summed E-state index contributed by atoms with van der Waals surface area (Å²) >= 11 is 0. The van der Waals surface area contributed by atoms with Crippen LogP contribution in [0.1, 0.15) is 28.4 Å². The number of aromatic amines is 2. The molecule has 0 saturated carbocycles. The van der Waals surface area contributed by atoms with E-state index in [0.717, 1.165) is 5.56 Å². The van der Waals surface area contributed by atoms with Crippen LogP contribution in [0.4, 0.5) is 0 Å². The molecule has 0 aliphatic carbocycles. The van der Waals surface area contributed by atoms with Gasteiger partial charge in [-0.15, -0.1) is 0 Å². The predicted molar refractivity (Wildman–Crippen MR) is 109 cm³/mol. The molecule has 1 fully saturated rings. The second kappa shape index (κ2) is 8.91. The minimum absolute atomic E-state index is 0.347. The first-order valence-corrected chi connectivity index (χ1v) is 10.1. The Labute approximate surface area is 179 Å². The summed E-state index contributed by atoms with van der Waals surface area (Å²) in [6.45, 7) is 1.05. The van der Waals surface area contributed by atoms with Crippen LogP contribution in [-0.4, -0.2) is 41.0 Å². The summed E-state index contributed by atoms with van der Waals surface area (Å²) in [5, 5.41) is 0. The van der Waals surface area contributed by atoms with Gasteiger partial charge in [-0.05, 0) is 18.2 Å². The van der Waals surface area contributed by atoms with E-state index in [-0.39, 0.29) is 5.78 Å². The van der Waals surface area contributed by atoms with E-state index in [4.69, 9.17) is 4.74 Å². The Morgan fingerprint density at radius 3 is 2.84 bits per heavy atom. The van der Waals surface area contributed by atoms with Crippen molar-refractivity contribution in [3.8, 4) is 5.75 Å². The fourth-order valence-corrected chi connectivity index (χ4v) is 4.03. The maximum Gasteiger partial charge on any atom is 0.291 e. The number of rotatable bonds is 8. The van der Waals surface area contributed by atoms with Crippen LogP contribution in [0.15, 0.2) is 67.5 Å². The number of likely N-dealkylation sites (tertiary alicyclic amines) is 1. The summed E-state index contributed by atoms with van der Waals surface area (Å²) in [5.74, 6) is -2.25. The number of benzene rings is 1. The molecule has 1 aromatic carbocycles. The minimum Gasteiger partial charge on any atom is -0.497 e. The van der Waals surface area contributed by atoms with Crippen LogP contribution in [0, 0.1) is 5.92 Å². The zero-order valence-electron chi connectivity index (χ0n) is 17.2. The van der Waals surface area contributed by atoms with Crippen LogP contribution in [0.5, 0.6) is 5.75 Å². The van der Waals surface area contributed by atoms with Crippen molar-refractivity contribution in [3.63, 3.8) is 0 Å². The third-order valence-corrected chi connectivity index (χ3v) is 5.53. The van der Waals surface area contributed by atoms with E-state index >= 15 is 0 Å². The summed E-state index contributed by atoms with van der Waals surface area (Å²) in [7, 11) is 1.51. The molecule has 0 radical (unpaired) electrons. The molecule has 0 bridgehead atoms. The molecule has 31 heavy (non-hydrogen) atoms. The molecular formula is C23H24N4O4+2. The highest BCUT2D eigenvalue weighted by Crippen LogP contribution is 2.38. The van der Waals surface area contributed by atoms with E-state index in [0.29, 0.717) is 30.8 Å². The zero-order chi connectivity index (χ0) is 21.8. The van der Waals surface area contributed by atoms with Crippen LogP contribution in [0.3, 0.4) is 0 Å². The average molecular weight is 420 g/mol. The second-order valence-corrected chi connectivity index (χ2v) is 7.42. The first-order valence-electron chi connectivity index (χ1n) is 10.1. The molecule has 1 aliphatic heterocycles. The van der Waals surface area contributed by atoms with Gasteiger partial charge in [0.1, 0.15) is 24.1 Å². The van der Waals surface area contributed by atoms with Crippen molar-refractivity contribution >= 4 is 17.5 Å². The predicted octanol–water partition coefficient (Wildman–Crippen LogP) is 1.17. The standard InChI is InChI=1S/C23H22N4O4/c1-31-18-7-2-5-16(13-18)21(28)19-20(17-6-3-8-24-14-17)27(23(30)22(19)29)11-4-10-26-12-9-25-15-26/h2-3,5-9,12-15,19-20H,4,10-11H2,1H3/p+2. The number of imidazole rings is 1. The number of ketones is 2. The van der Waals surface area contributed by atoms with Crippen molar-refractivity contribution in [2.75, 3.05) is 13.7 Å². The van der Waals surface area contributed by atoms with Gasteiger partial charge in [-0.1, -0.05) is 12.1 Å². The molecule has 8 heteroatoms. The Kier molecular flexibility index (Phi) is 5.88. The van der Waals surface area contributed by atoms with E-state index in [1.807, 2.05) is 29.4 Å². The van der Waals surface area contributed by atoms with Crippen molar-refractivity contribution in [2.45, 2.75) is 19.0 Å². The minimum atomic E-state index is -1.10. The van der Waals surface area contributed by atoms with Crippen molar-refractivity contribution in [2.24, 2.45) is 5.92 Å². The Balaban J connectivity index is 1.65. The van der Waals surface area contributed by atoms with Gasteiger partial charge in [0.25, 0.3) is 5.91 Å². The number of nitrogens with one attached hydrogen (secondary N) is 2. The number of Topliss-reactive ketones (excluding diaryl/α,β-unsaturated/α-hetero) is 2. The van der Waals surface area contributed by atoms with Crippen LogP contribution in [0.2, 0.25) is 0 Å². The Morgan fingerprint density at radius 1 is 1.26 bits per heavy atom. The van der Waals surface area contributed by atoms with E-state index in [2.05, 4.69) is 9.97 Å². The fraction of sp³-hybridized carbons (Fsp3) is 0.261. The number of nitrogens with zero attached hydrogens (tertiary/aromatic N) is 2. The van der Waals surface area contributed by atoms with Crippen molar-refractivity contribution in [1.29, 1.82) is 0 Å². The summed E-state index contributed by atoms with van der Waals surface area (Å²) in [4.78, 5) is 46.8. The Bertz CT molecular complexity index is 1080. The topological polar surface area (TPSA) is 97.5 Å². The number of aromatic nitrogens is 3. The number of ether oxygens (including phenoxy) is 1. The van der Waals surface area contributed by atoms with Gasteiger partial charge in [0.05, 0.1) is 19.7 Å². The normalized spacial score (nSPS) is 18.4. The van der Waals surface area contributed by atoms with Crippen LogP contribution in [-0.2, 0) is 16.1 Å². The van der Waals surface area contributed by atoms with Crippen LogP contribution >= 0.6 is 0 Å². The fourth-order valence-electron chi connectivity index (χ4n) is 4.03. The lowest BCUT2D eigenvalue weighted by atomic mass is 9.87. The van der Waals surface area contributed by atoms with Crippen molar-refractivity contribution < 1.29 is 28.7 Å². The molecule has 158 valence electrons. The maximum absolute atomic E-state index is 13.4. The summed E-state index contributed by atoms with van der Waals surface area (Å²) in [5.41, 5.74) is 1.07. The van der Waals surface area contributed by atoms with Gasteiger partial charge in [-0.2, -0.15) is 0 Å². The molecule has 3 heterocycles. The van der Waals surface area contributed by atoms with E-state index in [1.54, 1.807) is 42.7 Å². The number of pyridine rings is 1. The summed E-state index contributed by atoms with van der Waals surface area (Å²) < 4.78 is 7.18. The van der Waals surface area contributed by atoms with E-state index < -0.39 is 23.7 Å². The highest BCUT2D eigenvalue weighted by atomic mass is 16.5. The number of aryl methyl sites for hydroxylation is 1. The molecule has 2 N–H and O–H groups in total. The third-order valence-electron chi connectivity index (χ3n) is 5.53. The highest BCUT2D eigenvalue weighted by Gasteiger charge is 2.52. The van der Waals surface area contributed by atoms with Crippen LogP contribution in [0.25, 0.3) is 0 Å². The number of hydrogen-bond donors (Lipinski definition) is 1. The molecule has 1 amide bonds. The third kappa shape index (κ3) is 4.09. The van der Waals surface area contributed by atoms with E-state index in [1.165, 1.54) is 12.0 Å². The van der Waals surface area contributed by atoms with Gasteiger partial charge in [-0.3, -0.25) is 19.4 Å². The summed E-state index contributed by atoms with van der Waals surface area (Å²) in [6, 6.07) is 9.63. The number of amides is 1. The number of carbonyl (C=O) groups excluding carboxylic acids is 3. The molecule has 4 rings (SSSR count). The van der Waals surface area contributed by atoms with Gasteiger partial charge in [-0.25, -0.2) is 9.55 Å². The molecule has 1 saturated heterocycles. The van der Waals surface area contributed by atoms with Crippen LogP contribution < -0.4 is 14.3 Å². The molecule has 2 unspecified atom stereocenters. The maximum atomic E-state index is 13.4. The van der Waals surface area contributed by atoms with E-state index in [9.17, 15) is 14.4 Å². The molecule has 2 atom stereocenters. The number of H-pyrrole nitrogens is 2. The smallest absolute Gasteiger partial charge is 0.291 e. The first kappa shape index (κ1) is 20.5. The number of hydrogen-bond acceptors (Lipinski definition) is 4. The quantitative estimate of drug-likeness (QED) is 0.256. The van der Waals surface area contributed by atoms with Crippen molar-refractivity contribution in [1.82, 2.24) is 9.88 Å². The SMILES string of the molecule is COc1cccc(C(=O)C2C(=O)C(=O)N(CCC[n+]3cc[nH]c3)C2c2ccc[nH+]c2)c1. The monoisotopic (exact) mass is 420 g/mol. The number of carbonyl (C=O) groups is 3. The lowest BCUT2D eigenvalue weighted by molar-refractivity contribution is -0.695. The van der Waals surface area contributed by atoms with Gasteiger partial charge in [0.15, 0.2) is 18.2 Å². The lowest BCUT2D eigenvalue weighted by Crippen LogP contribution is -2.36. The van der Waals surface area contributed by atoms with Crippen molar-refractivity contribution in [3.05, 3.63) is 78.6 Å². The average Bonchev–Trinajstić information content (AvgIpc) is 3.41. The molecule has 0 spiro atoms. The lowest BCUT2D eigenvalue weighted by Gasteiger charge is -2.26. The zero-order valence-corrected chi connectivity index (χ0v) is 17.2. The molecule has 2 aromatic heterocycles. The van der Waals surface area contributed by atoms with Gasteiger partial charge in [0, 0.05) is 30.2 Å². The van der Waals surface area contributed by atoms with Gasteiger partial charge in [0.2, 0.25) is 12.1 Å². The Hall–Kier alpha value is -3.81. The molecule has 1 aliphatic rings. The largest absolute Gasteiger partial charge is 0.497 e. The second-order valence-electron chi connectivity index (χ2n) is 7.42. The van der Waals surface area contributed by atoms with Gasteiger partial charge < -0.3 is 9.64 Å². The number of methoxy groups -OCH3 is 1. The first-order chi connectivity index (χ1) is 15.1. The van der Waals surface area contributed by atoms with Gasteiger partial charge >= 0.3 is 0 Å². The molecular weight excluding hydrogens is 396 g/mol. The Morgan fingerprint density at radius 2 is 2.13 bits per heavy atom. The summed E-state index contributed by atoms with van der Waals surface area (Å²) in [6.07, 6.45) is 9.67. The highest BCUT2D eigenvalue weighted by molar-refractivity contribution is 6.44. The molecule has 3 aromatic rings.